The zero-order valence-electron chi connectivity index (χ0n) is 11.6. The molecule has 6 heteroatoms. The molecule has 0 saturated heterocycles. The number of fused-ring (bicyclic) bond motifs is 1. The number of carbonyl (C=O) groups excluding carboxylic acids is 1. The minimum absolute atomic E-state index is 0.276. The molecule has 0 aliphatic carbocycles. The molecule has 0 radical (unpaired) electrons. The molecule has 0 fully saturated rings. The first-order chi connectivity index (χ1) is 10.1. The number of hydrogen-bond acceptors (Lipinski definition) is 2. The van der Waals surface area contributed by atoms with Crippen LogP contribution in [0.5, 0.6) is 0 Å². The number of nitrogens with one attached hydrogen (secondary N) is 1. The van der Waals surface area contributed by atoms with Gasteiger partial charge in [-0.1, -0.05) is 6.07 Å². The summed E-state index contributed by atoms with van der Waals surface area (Å²) in [6.07, 6.45) is 3.78. The van der Waals surface area contributed by atoms with Gasteiger partial charge in [-0.25, -0.2) is 8.91 Å². The van der Waals surface area contributed by atoms with Gasteiger partial charge in [0, 0.05) is 37.1 Å². The third-order valence-electron chi connectivity index (χ3n) is 3.25. The molecule has 1 aromatic carbocycles. The summed E-state index contributed by atoms with van der Waals surface area (Å²) in [5, 5.41) is 7.08. The number of benzene rings is 1. The summed E-state index contributed by atoms with van der Waals surface area (Å²) in [5.41, 5.74) is 2.25. The number of imidazole rings is 1. The summed E-state index contributed by atoms with van der Waals surface area (Å²) in [5.74, 6) is -0.688. The van der Waals surface area contributed by atoms with E-state index < -0.39 is 5.82 Å². The Morgan fingerprint density at radius 1 is 1.33 bits per heavy atom. The summed E-state index contributed by atoms with van der Waals surface area (Å²) in [6.45, 7) is 3.02. The van der Waals surface area contributed by atoms with Crippen molar-refractivity contribution in [3.05, 3.63) is 59.8 Å². The maximum atomic E-state index is 13.1. The second-order valence-corrected chi connectivity index (χ2v) is 4.85. The second-order valence-electron chi connectivity index (χ2n) is 4.85. The van der Waals surface area contributed by atoms with Gasteiger partial charge in [0.1, 0.15) is 11.5 Å². The van der Waals surface area contributed by atoms with E-state index in [1.54, 1.807) is 10.6 Å². The van der Waals surface area contributed by atoms with Gasteiger partial charge in [0.25, 0.3) is 5.91 Å². The number of rotatable bonds is 4. The summed E-state index contributed by atoms with van der Waals surface area (Å²) in [7, 11) is 0. The van der Waals surface area contributed by atoms with Crippen LogP contribution in [-0.4, -0.2) is 26.6 Å². The van der Waals surface area contributed by atoms with Crippen molar-refractivity contribution in [2.75, 3.05) is 6.54 Å². The number of hydrogen-bond donors (Lipinski definition) is 1. The van der Waals surface area contributed by atoms with Crippen molar-refractivity contribution in [2.45, 2.75) is 13.5 Å². The van der Waals surface area contributed by atoms with Crippen LogP contribution in [0.4, 0.5) is 4.39 Å². The van der Waals surface area contributed by atoms with Gasteiger partial charge in [0.15, 0.2) is 0 Å². The Kier molecular flexibility index (Phi) is 3.43. The molecule has 5 nitrogen and oxygen atoms in total. The van der Waals surface area contributed by atoms with Crippen LogP contribution in [0.2, 0.25) is 0 Å². The van der Waals surface area contributed by atoms with Crippen molar-refractivity contribution in [2.24, 2.45) is 0 Å². The normalized spacial score (nSPS) is 11.0. The molecule has 21 heavy (non-hydrogen) atoms. The van der Waals surface area contributed by atoms with Crippen LogP contribution in [0.1, 0.15) is 16.1 Å². The molecule has 1 amide bonds. The molecule has 0 unspecified atom stereocenters. The number of nitrogens with zero attached hydrogens (tertiary/aromatic N) is 3. The molecule has 3 rings (SSSR count). The van der Waals surface area contributed by atoms with Crippen LogP contribution in [-0.2, 0) is 6.54 Å². The van der Waals surface area contributed by atoms with Crippen molar-refractivity contribution in [3.8, 4) is 0 Å². The van der Waals surface area contributed by atoms with Gasteiger partial charge in [-0.3, -0.25) is 4.79 Å². The highest BCUT2D eigenvalue weighted by molar-refractivity contribution is 5.94. The fourth-order valence-corrected chi connectivity index (χ4v) is 2.26. The maximum absolute atomic E-state index is 13.1. The highest BCUT2D eigenvalue weighted by Gasteiger charge is 2.07. The minimum Gasteiger partial charge on any atom is -0.350 e. The van der Waals surface area contributed by atoms with Crippen LogP contribution in [0.25, 0.3) is 5.65 Å². The first-order valence-electron chi connectivity index (χ1n) is 6.68. The lowest BCUT2D eigenvalue weighted by molar-refractivity contribution is 0.0952. The Bertz CT molecular complexity index is 790. The van der Waals surface area contributed by atoms with Crippen LogP contribution < -0.4 is 5.32 Å². The molecule has 0 aliphatic rings. The number of carbonyl (C=O) groups is 1. The first kappa shape index (κ1) is 13.4. The maximum Gasteiger partial charge on any atom is 0.251 e. The van der Waals surface area contributed by atoms with Gasteiger partial charge < -0.3 is 9.88 Å². The van der Waals surface area contributed by atoms with Crippen molar-refractivity contribution < 1.29 is 9.18 Å². The van der Waals surface area contributed by atoms with E-state index in [0.29, 0.717) is 18.7 Å². The Balaban J connectivity index is 1.62. The van der Waals surface area contributed by atoms with Crippen LogP contribution in [0.15, 0.2) is 42.7 Å². The Morgan fingerprint density at radius 2 is 2.19 bits per heavy atom. The van der Waals surface area contributed by atoms with Crippen molar-refractivity contribution in [1.82, 2.24) is 19.5 Å². The van der Waals surface area contributed by atoms with E-state index >= 15 is 0 Å². The van der Waals surface area contributed by atoms with Crippen molar-refractivity contribution >= 4 is 11.6 Å². The van der Waals surface area contributed by atoms with Gasteiger partial charge >= 0.3 is 0 Å². The predicted molar refractivity (Wildman–Crippen MR) is 76.7 cm³/mol. The average Bonchev–Trinajstić information content (AvgIpc) is 2.99. The Hall–Kier alpha value is -2.63. The zero-order chi connectivity index (χ0) is 14.8. The number of aromatic nitrogens is 3. The lowest BCUT2D eigenvalue weighted by Gasteiger charge is -2.06. The number of amides is 1. The van der Waals surface area contributed by atoms with E-state index in [-0.39, 0.29) is 5.91 Å². The lowest BCUT2D eigenvalue weighted by atomic mass is 10.2. The van der Waals surface area contributed by atoms with E-state index in [2.05, 4.69) is 10.4 Å². The SMILES string of the molecule is Cc1cc2n(CCNC(=O)c3cccc(F)c3)ccn2n1. The third-order valence-corrected chi connectivity index (χ3v) is 3.25. The highest BCUT2D eigenvalue weighted by Crippen LogP contribution is 2.07. The standard InChI is InChI=1S/C15H15FN4O/c1-11-9-14-19(7-8-20(14)18-11)6-5-17-15(21)12-3-2-4-13(16)10-12/h2-4,7-10H,5-6H2,1H3,(H,17,21). The third kappa shape index (κ3) is 2.79. The van der Waals surface area contributed by atoms with Crippen LogP contribution in [0, 0.1) is 12.7 Å². The molecule has 0 spiro atoms. The van der Waals surface area contributed by atoms with Gasteiger partial charge in [-0.15, -0.1) is 0 Å². The molecule has 2 aromatic heterocycles. The molecule has 2 heterocycles. The lowest BCUT2D eigenvalue weighted by Crippen LogP contribution is -2.27. The van der Waals surface area contributed by atoms with Gasteiger partial charge in [-0.05, 0) is 25.1 Å². The van der Waals surface area contributed by atoms with E-state index in [1.807, 2.05) is 30.0 Å². The molecule has 108 valence electrons. The minimum atomic E-state index is -0.412. The second kappa shape index (κ2) is 5.40. The number of aryl methyl sites for hydroxylation is 1. The van der Waals surface area contributed by atoms with Crippen molar-refractivity contribution in [1.29, 1.82) is 0 Å². The summed E-state index contributed by atoms with van der Waals surface area (Å²) >= 11 is 0. The Morgan fingerprint density at radius 3 is 3.00 bits per heavy atom. The van der Waals surface area contributed by atoms with E-state index in [9.17, 15) is 9.18 Å². The van der Waals surface area contributed by atoms with Crippen LogP contribution >= 0.6 is 0 Å². The largest absolute Gasteiger partial charge is 0.350 e. The highest BCUT2D eigenvalue weighted by atomic mass is 19.1. The molecule has 0 bridgehead atoms. The van der Waals surface area contributed by atoms with Gasteiger partial charge in [0.2, 0.25) is 0 Å². The number of halogens is 1. The Labute approximate surface area is 121 Å². The van der Waals surface area contributed by atoms with Crippen LogP contribution in [0.3, 0.4) is 0 Å². The summed E-state index contributed by atoms with van der Waals surface area (Å²) in [4.78, 5) is 11.9. The molecule has 0 aliphatic heterocycles. The van der Waals surface area contributed by atoms with Crippen molar-refractivity contribution in [3.63, 3.8) is 0 Å². The monoisotopic (exact) mass is 286 g/mol. The van der Waals surface area contributed by atoms with E-state index in [4.69, 9.17) is 0 Å². The molecule has 0 saturated carbocycles. The smallest absolute Gasteiger partial charge is 0.251 e. The average molecular weight is 286 g/mol. The van der Waals surface area contributed by atoms with Gasteiger partial charge in [-0.2, -0.15) is 5.10 Å². The molecular weight excluding hydrogens is 271 g/mol. The first-order valence-corrected chi connectivity index (χ1v) is 6.68. The zero-order valence-corrected chi connectivity index (χ0v) is 11.6. The summed E-state index contributed by atoms with van der Waals surface area (Å²) in [6, 6.07) is 7.63. The topological polar surface area (TPSA) is 51.3 Å². The molecular formula is C15H15FN4O. The molecule has 3 aromatic rings. The predicted octanol–water partition coefficient (Wildman–Crippen LogP) is 2.01. The van der Waals surface area contributed by atoms with E-state index in [1.165, 1.54) is 18.2 Å². The summed E-state index contributed by atoms with van der Waals surface area (Å²) < 4.78 is 16.9. The van der Waals surface area contributed by atoms with E-state index in [0.717, 1.165) is 11.3 Å². The molecule has 0 atom stereocenters. The quantitative estimate of drug-likeness (QED) is 0.797. The van der Waals surface area contributed by atoms with Gasteiger partial charge in [0.05, 0.1) is 5.69 Å². The fraction of sp³-hybridized carbons (Fsp3) is 0.200. The fourth-order valence-electron chi connectivity index (χ4n) is 2.26. The molecule has 1 N–H and O–H groups in total.